The Morgan fingerprint density at radius 2 is 1.67 bits per heavy atom. The van der Waals surface area contributed by atoms with E-state index in [0.717, 1.165) is 0 Å². The molecule has 0 unspecified atom stereocenters. The van der Waals surface area contributed by atoms with Gasteiger partial charge in [-0.25, -0.2) is 0 Å². The van der Waals surface area contributed by atoms with Gasteiger partial charge in [-0.1, -0.05) is 6.07 Å². The third-order valence-electron chi connectivity index (χ3n) is 5.30. The number of rotatable bonds is 9. The van der Waals surface area contributed by atoms with Crippen molar-refractivity contribution in [2.45, 2.75) is 26.0 Å². The van der Waals surface area contributed by atoms with Crippen LogP contribution in [-0.2, 0) is 14.3 Å². The number of aliphatic hydroxyl groups excluding tert-OH is 1. The Morgan fingerprint density at radius 1 is 1.00 bits per heavy atom. The molecule has 1 fully saturated rings. The molecule has 0 bridgehead atoms. The second-order valence-electron chi connectivity index (χ2n) is 7.79. The van der Waals surface area contributed by atoms with Gasteiger partial charge in [0.25, 0.3) is 11.7 Å². The number of amides is 1. The largest absolute Gasteiger partial charge is 0.507 e. The molecule has 1 aliphatic heterocycles. The van der Waals surface area contributed by atoms with Crippen LogP contribution in [0, 0.1) is 0 Å². The van der Waals surface area contributed by atoms with E-state index in [4.69, 9.17) is 18.9 Å². The number of ether oxygens (including phenoxy) is 4. The van der Waals surface area contributed by atoms with Crippen molar-refractivity contribution in [3.05, 3.63) is 59.2 Å². The molecule has 0 radical (unpaired) electrons. The summed E-state index contributed by atoms with van der Waals surface area (Å²) in [5.74, 6) is -0.125. The van der Waals surface area contributed by atoms with Crippen molar-refractivity contribution in [2.75, 3.05) is 34.5 Å². The number of Topliss-reactive ketones (excluding diaryl/α,β-unsaturated/α-hetero) is 1. The number of benzene rings is 2. The van der Waals surface area contributed by atoms with Crippen LogP contribution in [0.25, 0.3) is 5.76 Å². The minimum Gasteiger partial charge on any atom is -0.507 e. The Balaban J connectivity index is 2.12. The molecule has 2 aromatic rings. The fraction of sp³-hybridized carbons (Fsp3) is 0.360. The zero-order valence-corrected chi connectivity index (χ0v) is 19.5. The van der Waals surface area contributed by atoms with Gasteiger partial charge in [0, 0.05) is 19.2 Å². The van der Waals surface area contributed by atoms with Gasteiger partial charge in [-0.15, -0.1) is 0 Å². The zero-order chi connectivity index (χ0) is 24.1. The Morgan fingerprint density at radius 3 is 2.24 bits per heavy atom. The summed E-state index contributed by atoms with van der Waals surface area (Å²) < 4.78 is 21.5. The molecule has 0 spiro atoms. The lowest BCUT2D eigenvalue weighted by atomic mass is 9.95. The normalized spacial score (nSPS) is 17.5. The monoisotopic (exact) mass is 455 g/mol. The number of hydrogen-bond acceptors (Lipinski definition) is 7. The number of carbonyl (C=O) groups excluding carboxylic acids is 2. The Hall–Kier alpha value is -3.52. The molecule has 0 aromatic heterocycles. The molecule has 2 aromatic carbocycles. The highest BCUT2D eigenvalue weighted by atomic mass is 16.5. The van der Waals surface area contributed by atoms with Crippen molar-refractivity contribution in [1.29, 1.82) is 0 Å². The van der Waals surface area contributed by atoms with Crippen LogP contribution in [0.15, 0.2) is 48.0 Å². The van der Waals surface area contributed by atoms with Gasteiger partial charge in [-0.2, -0.15) is 0 Å². The van der Waals surface area contributed by atoms with Crippen molar-refractivity contribution >= 4 is 17.4 Å². The lowest BCUT2D eigenvalue weighted by Gasteiger charge is -2.25. The quantitative estimate of drug-likeness (QED) is 0.351. The second kappa shape index (κ2) is 10.4. The molecule has 8 nitrogen and oxygen atoms in total. The highest BCUT2D eigenvalue weighted by molar-refractivity contribution is 6.46. The first kappa shape index (κ1) is 24.1. The zero-order valence-electron chi connectivity index (χ0n) is 19.5. The van der Waals surface area contributed by atoms with Crippen LogP contribution >= 0.6 is 0 Å². The lowest BCUT2D eigenvalue weighted by Crippen LogP contribution is -2.32. The van der Waals surface area contributed by atoms with E-state index < -0.39 is 17.7 Å². The third kappa shape index (κ3) is 4.96. The summed E-state index contributed by atoms with van der Waals surface area (Å²) in [5.41, 5.74) is 1.01. The first-order valence-corrected chi connectivity index (χ1v) is 10.6. The smallest absolute Gasteiger partial charge is 0.295 e. The summed E-state index contributed by atoms with van der Waals surface area (Å²) in [7, 11) is 4.54. The van der Waals surface area contributed by atoms with E-state index in [2.05, 4.69) is 0 Å². The fourth-order valence-electron chi connectivity index (χ4n) is 3.79. The number of likely N-dealkylation sites (tertiary alicyclic amines) is 1. The maximum atomic E-state index is 13.0. The first-order chi connectivity index (χ1) is 15.8. The van der Waals surface area contributed by atoms with E-state index in [0.29, 0.717) is 28.4 Å². The number of aliphatic hydroxyl groups is 1. The van der Waals surface area contributed by atoms with Crippen LogP contribution < -0.4 is 14.2 Å². The molecule has 8 heteroatoms. The van der Waals surface area contributed by atoms with Crippen molar-refractivity contribution in [1.82, 2.24) is 4.90 Å². The Kier molecular flexibility index (Phi) is 7.60. The predicted octanol–water partition coefficient (Wildman–Crippen LogP) is 3.56. The van der Waals surface area contributed by atoms with Crippen molar-refractivity contribution < 1.29 is 33.6 Å². The highest BCUT2D eigenvalue weighted by Crippen LogP contribution is 2.41. The molecular weight excluding hydrogens is 426 g/mol. The summed E-state index contributed by atoms with van der Waals surface area (Å²) in [5, 5.41) is 11.1. The van der Waals surface area contributed by atoms with E-state index in [9.17, 15) is 14.7 Å². The van der Waals surface area contributed by atoms with Gasteiger partial charge in [0.2, 0.25) is 0 Å². The van der Waals surface area contributed by atoms with E-state index in [-0.39, 0.29) is 30.6 Å². The van der Waals surface area contributed by atoms with Crippen molar-refractivity contribution in [3.63, 3.8) is 0 Å². The molecule has 1 amide bonds. The molecular formula is C25H29NO7. The summed E-state index contributed by atoms with van der Waals surface area (Å²) in [6, 6.07) is 11.0. The molecule has 1 N–H and O–H groups in total. The van der Waals surface area contributed by atoms with Gasteiger partial charge in [-0.05, 0) is 55.8 Å². The third-order valence-corrected chi connectivity index (χ3v) is 5.30. The van der Waals surface area contributed by atoms with E-state index in [1.807, 2.05) is 13.8 Å². The van der Waals surface area contributed by atoms with Gasteiger partial charge in [-0.3, -0.25) is 9.59 Å². The summed E-state index contributed by atoms with van der Waals surface area (Å²) in [6.45, 7) is 4.24. The van der Waals surface area contributed by atoms with Gasteiger partial charge in [0.15, 0.2) is 11.5 Å². The molecule has 1 heterocycles. The van der Waals surface area contributed by atoms with E-state index in [1.165, 1.54) is 26.2 Å². The number of methoxy groups -OCH3 is 3. The summed E-state index contributed by atoms with van der Waals surface area (Å²) in [4.78, 5) is 27.3. The maximum Gasteiger partial charge on any atom is 0.295 e. The van der Waals surface area contributed by atoms with Gasteiger partial charge in [0.1, 0.15) is 11.5 Å². The topological polar surface area (TPSA) is 94.5 Å². The minimum atomic E-state index is -0.813. The molecule has 3 rings (SSSR count). The van der Waals surface area contributed by atoms with Crippen LogP contribution in [-0.4, -0.2) is 62.3 Å². The minimum absolute atomic E-state index is 0.000563. The molecule has 0 saturated carbocycles. The average molecular weight is 456 g/mol. The second-order valence-corrected chi connectivity index (χ2v) is 7.79. The fourth-order valence-corrected chi connectivity index (χ4v) is 3.79. The van der Waals surface area contributed by atoms with Crippen molar-refractivity contribution in [3.8, 4) is 17.2 Å². The highest BCUT2D eigenvalue weighted by Gasteiger charge is 2.46. The van der Waals surface area contributed by atoms with Crippen LogP contribution in [0.2, 0.25) is 0 Å². The van der Waals surface area contributed by atoms with Gasteiger partial charge >= 0.3 is 0 Å². The average Bonchev–Trinajstić information content (AvgIpc) is 3.06. The van der Waals surface area contributed by atoms with Gasteiger partial charge in [0.05, 0.1) is 38.5 Å². The molecule has 1 aliphatic rings. The summed E-state index contributed by atoms with van der Waals surface area (Å²) in [6.07, 6.45) is 0.000563. The van der Waals surface area contributed by atoms with Crippen LogP contribution in [0.5, 0.6) is 17.2 Å². The molecule has 33 heavy (non-hydrogen) atoms. The van der Waals surface area contributed by atoms with E-state index >= 15 is 0 Å². The molecule has 1 saturated heterocycles. The van der Waals surface area contributed by atoms with Crippen LogP contribution in [0.1, 0.15) is 31.0 Å². The van der Waals surface area contributed by atoms with Crippen molar-refractivity contribution in [2.24, 2.45) is 0 Å². The summed E-state index contributed by atoms with van der Waals surface area (Å²) >= 11 is 0. The first-order valence-electron chi connectivity index (χ1n) is 10.6. The van der Waals surface area contributed by atoms with E-state index in [1.54, 1.807) is 42.5 Å². The maximum absolute atomic E-state index is 13.0. The number of hydrogen-bond donors (Lipinski definition) is 1. The number of carbonyl (C=O) groups is 2. The number of ketones is 1. The van der Waals surface area contributed by atoms with Crippen LogP contribution in [0.4, 0.5) is 0 Å². The SMILES string of the molecule is COCCN1C(=O)C(=O)C(=C(O)c2ccc(OC(C)C)cc2)[C@@H]1c1ccc(OC)c(OC)c1. The predicted molar refractivity (Wildman–Crippen MR) is 123 cm³/mol. The molecule has 176 valence electrons. The van der Waals surface area contributed by atoms with Crippen LogP contribution in [0.3, 0.4) is 0 Å². The van der Waals surface area contributed by atoms with Gasteiger partial charge < -0.3 is 29.0 Å². The lowest BCUT2D eigenvalue weighted by molar-refractivity contribution is -0.140. The Labute approximate surface area is 193 Å². The molecule has 1 atom stereocenters. The standard InChI is InChI=1S/C25H29NO7/c1-15(2)33-18-9-6-16(7-10-18)23(27)21-22(26(12-13-30-3)25(29)24(21)28)17-8-11-19(31-4)20(14-17)32-5/h6-11,14-15,22,27H,12-13H2,1-5H3/t22-/m0/s1. The number of nitrogens with zero attached hydrogens (tertiary/aromatic N) is 1. The molecule has 0 aliphatic carbocycles. The Bertz CT molecular complexity index is 1040.